The first kappa shape index (κ1) is 31.4. The molecule has 0 spiro atoms. The molecule has 0 aromatic heterocycles. The van der Waals surface area contributed by atoms with Gasteiger partial charge in [0.05, 0.1) is 12.6 Å². The van der Waals surface area contributed by atoms with Crippen molar-refractivity contribution in [3.05, 3.63) is 0 Å². The summed E-state index contributed by atoms with van der Waals surface area (Å²) in [6.45, 7) is 27.9. The summed E-state index contributed by atoms with van der Waals surface area (Å²) < 4.78 is 37.4. The van der Waals surface area contributed by atoms with Gasteiger partial charge in [0.2, 0.25) is 0 Å². The molecule has 36 heavy (non-hydrogen) atoms. The van der Waals surface area contributed by atoms with Gasteiger partial charge in [0.1, 0.15) is 23.5 Å². The van der Waals surface area contributed by atoms with Crippen molar-refractivity contribution in [3.8, 4) is 0 Å². The lowest BCUT2D eigenvalue weighted by molar-refractivity contribution is -0.151. The normalized spacial score (nSPS) is 28.3. The second kappa shape index (κ2) is 10.4. The van der Waals surface area contributed by atoms with Gasteiger partial charge >= 0.3 is 12.1 Å². The van der Waals surface area contributed by atoms with Gasteiger partial charge in [-0.1, -0.05) is 0 Å². The molecule has 0 bridgehead atoms. The van der Waals surface area contributed by atoms with Crippen molar-refractivity contribution in [1.29, 1.82) is 0 Å². The van der Waals surface area contributed by atoms with Gasteiger partial charge in [0.15, 0.2) is 37.2 Å². The van der Waals surface area contributed by atoms with E-state index in [0.717, 1.165) is 0 Å². The van der Waals surface area contributed by atoms with Crippen LogP contribution in [0.5, 0.6) is 0 Å². The molecule has 210 valence electrons. The molecule has 0 aromatic carbocycles. The quantitative estimate of drug-likeness (QED) is 0.303. The average molecular weight is 564 g/mol. The predicted octanol–water partition coefficient (Wildman–Crippen LogP) is 4.94. The fraction of sp³-hybridized carbons (Fsp3) is 0.917. The van der Waals surface area contributed by atoms with Gasteiger partial charge in [-0.05, 0) is 93.5 Å². The van der Waals surface area contributed by atoms with Crippen LogP contribution in [0.2, 0.25) is 58.9 Å². The van der Waals surface area contributed by atoms with E-state index < -0.39 is 78.8 Å². The third-order valence-corrected chi connectivity index (χ3v) is 8.30. The number of nitrogens with zero attached hydrogens (tertiary/aromatic N) is 1. The minimum Gasteiger partial charge on any atom is -0.455 e. The number of hydrogen-bond acceptors (Lipinski definition) is 8. The molecule has 2 heterocycles. The number of ether oxygens (including phenoxy) is 3. The number of hydrogen-bond donors (Lipinski definition) is 0. The highest BCUT2D eigenvalue weighted by Gasteiger charge is 2.59. The summed E-state index contributed by atoms with van der Waals surface area (Å²) in [5, 5.41) is 0. The largest absolute Gasteiger partial charge is 0.455 e. The van der Waals surface area contributed by atoms with Crippen molar-refractivity contribution in [2.75, 3.05) is 6.61 Å². The lowest BCUT2D eigenvalue weighted by Gasteiger charge is -2.42. The van der Waals surface area contributed by atoms with Crippen molar-refractivity contribution in [2.45, 2.75) is 135 Å². The van der Waals surface area contributed by atoms with E-state index in [9.17, 15) is 9.59 Å². The molecule has 2 fully saturated rings. The third-order valence-electron chi connectivity index (χ3n) is 5.38. The maximum Gasteiger partial charge on any atom is 0.412 e. The molecule has 5 unspecified atom stereocenters. The fourth-order valence-electron chi connectivity index (χ4n) is 4.38. The standard InChI is InChI=1S/C24H49NO8Si3/c1-23(2,3)30-22(27)25-16(15-28-24(25,4)5)17(31-34(6,7)8)18-19(32-35(9,10)11)20(21(26)29-18)33-36(12,13)14/h16-20H,15H2,1-14H3. The minimum absolute atomic E-state index is 0.217. The highest BCUT2D eigenvalue weighted by molar-refractivity contribution is 6.70. The Bertz CT molecular complexity index is 810. The molecule has 2 aliphatic rings. The van der Waals surface area contributed by atoms with Gasteiger partial charge < -0.3 is 27.5 Å². The molecule has 2 rings (SSSR count). The summed E-state index contributed by atoms with van der Waals surface area (Å²) in [4.78, 5) is 28.2. The van der Waals surface area contributed by atoms with Gasteiger partial charge in [0, 0.05) is 0 Å². The van der Waals surface area contributed by atoms with Crippen LogP contribution < -0.4 is 0 Å². The van der Waals surface area contributed by atoms with Crippen molar-refractivity contribution < 1.29 is 37.1 Å². The van der Waals surface area contributed by atoms with Crippen molar-refractivity contribution >= 4 is 37.0 Å². The van der Waals surface area contributed by atoms with Crippen LogP contribution in [0.3, 0.4) is 0 Å². The SMILES string of the molecule is CC(C)(C)OC(=O)N1C(C(O[Si](C)(C)C)C2OC(=O)C(O[Si](C)(C)C)C2O[Si](C)(C)C)COC1(C)C. The topological polar surface area (TPSA) is 92.8 Å². The molecule has 2 saturated heterocycles. The van der Waals surface area contributed by atoms with Crippen LogP contribution in [0.4, 0.5) is 4.79 Å². The first-order valence-electron chi connectivity index (χ1n) is 12.8. The lowest BCUT2D eigenvalue weighted by atomic mass is 9.99. The van der Waals surface area contributed by atoms with E-state index in [1.165, 1.54) is 0 Å². The molecule has 5 atom stereocenters. The van der Waals surface area contributed by atoms with E-state index in [1.54, 1.807) is 4.90 Å². The van der Waals surface area contributed by atoms with Crippen LogP contribution in [0.1, 0.15) is 34.6 Å². The summed E-state index contributed by atoms with van der Waals surface area (Å²) in [6.07, 6.45) is -3.43. The maximum absolute atomic E-state index is 13.4. The molecule has 1 amide bonds. The maximum atomic E-state index is 13.4. The lowest BCUT2D eigenvalue weighted by Crippen LogP contribution is -2.60. The predicted molar refractivity (Wildman–Crippen MR) is 146 cm³/mol. The van der Waals surface area contributed by atoms with E-state index in [1.807, 2.05) is 54.3 Å². The van der Waals surface area contributed by atoms with Crippen LogP contribution in [-0.2, 0) is 32.3 Å². The van der Waals surface area contributed by atoms with E-state index in [4.69, 9.17) is 27.5 Å². The number of esters is 1. The minimum atomic E-state index is -2.19. The highest BCUT2D eigenvalue weighted by atomic mass is 28.4. The Labute approximate surface area is 220 Å². The molecule has 9 nitrogen and oxygen atoms in total. The van der Waals surface area contributed by atoms with E-state index in [-0.39, 0.29) is 6.61 Å². The Balaban J connectivity index is 2.57. The zero-order valence-corrected chi connectivity index (χ0v) is 27.8. The second-order valence-corrected chi connectivity index (χ2v) is 27.5. The summed E-state index contributed by atoms with van der Waals surface area (Å²) in [6, 6.07) is -0.544. The fourth-order valence-corrected chi connectivity index (χ4v) is 7.55. The Hall–Kier alpha value is -0.769. The van der Waals surface area contributed by atoms with Crippen molar-refractivity contribution in [1.82, 2.24) is 4.90 Å². The Kier molecular flexibility index (Phi) is 9.10. The van der Waals surface area contributed by atoms with Crippen LogP contribution in [0.25, 0.3) is 0 Å². The zero-order valence-electron chi connectivity index (χ0n) is 24.8. The molecule has 12 heteroatoms. The molecule has 0 aliphatic carbocycles. The molecular weight excluding hydrogens is 515 g/mol. The average Bonchev–Trinajstić information content (AvgIpc) is 3.05. The highest BCUT2D eigenvalue weighted by Crippen LogP contribution is 2.38. The number of carbonyl (C=O) groups excluding carboxylic acids is 2. The van der Waals surface area contributed by atoms with E-state index >= 15 is 0 Å². The number of carbonyl (C=O) groups is 2. The van der Waals surface area contributed by atoms with E-state index in [0.29, 0.717) is 0 Å². The van der Waals surface area contributed by atoms with Crippen LogP contribution in [-0.4, -0.2) is 90.3 Å². The Morgan fingerprint density at radius 1 is 0.972 bits per heavy atom. The molecular formula is C24H49NO8Si3. The first-order valence-corrected chi connectivity index (χ1v) is 23.0. The van der Waals surface area contributed by atoms with Gasteiger partial charge in [-0.3, -0.25) is 4.90 Å². The van der Waals surface area contributed by atoms with Crippen LogP contribution in [0, 0.1) is 0 Å². The van der Waals surface area contributed by atoms with Gasteiger partial charge in [-0.2, -0.15) is 0 Å². The van der Waals surface area contributed by atoms with Gasteiger partial charge in [-0.15, -0.1) is 0 Å². The third kappa shape index (κ3) is 8.63. The van der Waals surface area contributed by atoms with Crippen molar-refractivity contribution in [3.63, 3.8) is 0 Å². The summed E-state index contributed by atoms with van der Waals surface area (Å²) >= 11 is 0. The monoisotopic (exact) mass is 563 g/mol. The smallest absolute Gasteiger partial charge is 0.412 e. The van der Waals surface area contributed by atoms with Crippen LogP contribution in [0.15, 0.2) is 0 Å². The summed E-state index contributed by atoms with van der Waals surface area (Å²) in [5.41, 5.74) is -1.62. The first-order chi connectivity index (χ1) is 15.9. The number of cyclic esters (lactones) is 1. The molecule has 0 saturated carbocycles. The number of amides is 1. The molecule has 0 N–H and O–H groups in total. The van der Waals surface area contributed by atoms with Gasteiger partial charge in [-0.25, -0.2) is 9.59 Å². The molecule has 0 aromatic rings. The Morgan fingerprint density at radius 2 is 1.50 bits per heavy atom. The molecule has 0 radical (unpaired) electrons. The zero-order chi connectivity index (χ0) is 28.1. The summed E-state index contributed by atoms with van der Waals surface area (Å²) in [7, 11) is -6.44. The molecule has 2 aliphatic heterocycles. The van der Waals surface area contributed by atoms with E-state index in [2.05, 4.69) is 39.3 Å². The second-order valence-electron chi connectivity index (χ2n) is 14.1. The Morgan fingerprint density at radius 3 is 1.94 bits per heavy atom. The van der Waals surface area contributed by atoms with Gasteiger partial charge in [0.25, 0.3) is 0 Å². The summed E-state index contributed by atoms with van der Waals surface area (Å²) in [5.74, 6) is -0.447. The van der Waals surface area contributed by atoms with Crippen LogP contribution >= 0.6 is 0 Å². The van der Waals surface area contributed by atoms with Crippen molar-refractivity contribution in [2.24, 2.45) is 0 Å². The number of rotatable bonds is 8.